The van der Waals surface area contributed by atoms with Crippen LogP contribution in [0.5, 0.6) is 0 Å². The van der Waals surface area contributed by atoms with Crippen molar-refractivity contribution in [2.24, 2.45) is 0 Å². The number of nitrogens with zero attached hydrogens (tertiary/aromatic N) is 2. The van der Waals surface area contributed by atoms with E-state index in [1.165, 1.54) is 31.4 Å². The zero-order chi connectivity index (χ0) is 11.7. The van der Waals surface area contributed by atoms with Crippen LogP contribution in [0.4, 0.5) is 10.3 Å². The Balaban J connectivity index is 1.80. The summed E-state index contributed by atoms with van der Waals surface area (Å²) in [7, 11) is 0. The first-order valence-electron chi connectivity index (χ1n) is 5.98. The molecule has 1 aromatic heterocycles. The van der Waals surface area contributed by atoms with Crippen molar-refractivity contribution in [3.8, 4) is 0 Å². The lowest BCUT2D eigenvalue weighted by atomic mass is 10.2. The molecule has 5 heteroatoms. The quantitative estimate of drug-likeness (QED) is 0.839. The second kappa shape index (κ2) is 4.33. The van der Waals surface area contributed by atoms with Crippen LogP contribution in [0.1, 0.15) is 19.3 Å². The van der Waals surface area contributed by atoms with Crippen molar-refractivity contribution >= 4 is 17.0 Å². The Hall–Kier alpha value is -1.62. The van der Waals surface area contributed by atoms with Crippen LogP contribution in [-0.2, 0) is 0 Å². The number of aromatic amines is 1. The Bertz CT molecular complexity index is 516. The highest BCUT2D eigenvalue weighted by atomic mass is 19.1. The number of imidazole rings is 1. The summed E-state index contributed by atoms with van der Waals surface area (Å²) in [5.41, 5.74) is 4.74. The maximum absolute atomic E-state index is 13.0. The molecule has 2 heterocycles. The number of hydrogen-bond donors (Lipinski definition) is 2. The predicted octanol–water partition coefficient (Wildman–Crippen LogP) is 2.51. The minimum absolute atomic E-state index is 0.245. The van der Waals surface area contributed by atoms with Crippen LogP contribution in [0.2, 0.25) is 0 Å². The molecule has 4 nitrogen and oxygen atoms in total. The number of aromatic nitrogens is 2. The highest BCUT2D eigenvalue weighted by Crippen LogP contribution is 2.17. The molecular weight excluding hydrogens is 219 g/mol. The minimum Gasteiger partial charge on any atom is -0.323 e. The molecule has 0 radical (unpaired) electrons. The van der Waals surface area contributed by atoms with Crippen molar-refractivity contribution in [3.05, 3.63) is 24.0 Å². The van der Waals surface area contributed by atoms with Gasteiger partial charge >= 0.3 is 0 Å². The molecule has 17 heavy (non-hydrogen) atoms. The molecule has 3 rings (SSSR count). The normalized spacial score (nSPS) is 17.5. The highest BCUT2D eigenvalue weighted by molar-refractivity contribution is 5.77. The van der Waals surface area contributed by atoms with E-state index >= 15 is 0 Å². The Morgan fingerprint density at radius 1 is 1.24 bits per heavy atom. The topological polar surface area (TPSA) is 44.0 Å². The third kappa shape index (κ3) is 2.24. The number of hydrazine groups is 1. The van der Waals surface area contributed by atoms with Crippen LogP contribution in [0.15, 0.2) is 18.2 Å². The van der Waals surface area contributed by atoms with Crippen molar-refractivity contribution in [1.82, 2.24) is 15.0 Å². The van der Waals surface area contributed by atoms with Crippen LogP contribution in [0.3, 0.4) is 0 Å². The van der Waals surface area contributed by atoms with Gasteiger partial charge in [-0.05, 0) is 31.0 Å². The third-order valence-corrected chi connectivity index (χ3v) is 3.06. The summed E-state index contributed by atoms with van der Waals surface area (Å²) in [5, 5.41) is 2.15. The number of anilines is 1. The Kier molecular flexibility index (Phi) is 2.68. The van der Waals surface area contributed by atoms with E-state index in [4.69, 9.17) is 0 Å². The van der Waals surface area contributed by atoms with Gasteiger partial charge in [0.25, 0.3) is 0 Å². The largest absolute Gasteiger partial charge is 0.323 e. The fourth-order valence-electron chi connectivity index (χ4n) is 2.19. The molecule has 90 valence electrons. The number of rotatable bonds is 2. The van der Waals surface area contributed by atoms with Crippen LogP contribution in [-0.4, -0.2) is 28.1 Å². The summed E-state index contributed by atoms with van der Waals surface area (Å²) in [6, 6.07) is 4.57. The number of halogens is 1. The van der Waals surface area contributed by atoms with Crippen LogP contribution in [0, 0.1) is 5.82 Å². The maximum atomic E-state index is 13.0. The van der Waals surface area contributed by atoms with Gasteiger partial charge < -0.3 is 4.98 Å². The van der Waals surface area contributed by atoms with Crippen molar-refractivity contribution in [3.63, 3.8) is 0 Å². The van der Waals surface area contributed by atoms with Crippen molar-refractivity contribution < 1.29 is 4.39 Å². The fourth-order valence-corrected chi connectivity index (χ4v) is 2.19. The molecule has 0 spiro atoms. The number of hydrogen-bond acceptors (Lipinski definition) is 3. The van der Waals surface area contributed by atoms with Gasteiger partial charge in [-0.3, -0.25) is 5.43 Å². The number of nitrogens with one attached hydrogen (secondary N) is 2. The molecule has 2 N–H and O–H groups in total. The second-order valence-corrected chi connectivity index (χ2v) is 4.41. The van der Waals surface area contributed by atoms with Crippen LogP contribution in [0.25, 0.3) is 11.0 Å². The van der Waals surface area contributed by atoms with E-state index in [0.717, 1.165) is 24.1 Å². The minimum atomic E-state index is -0.245. The number of H-pyrrole nitrogens is 1. The molecule has 0 aliphatic carbocycles. The first-order chi connectivity index (χ1) is 8.31. The van der Waals surface area contributed by atoms with Crippen LogP contribution >= 0.6 is 0 Å². The van der Waals surface area contributed by atoms with Gasteiger partial charge in [-0.25, -0.2) is 14.4 Å². The number of piperidine rings is 1. The summed E-state index contributed by atoms with van der Waals surface area (Å²) in [5.74, 6) is 0.443. The Morgan fingerprint density at radius 2 is 2.06 bits per heavy atom. The van der Waals surface area contributed by atoms with Gasteiger partial charge in [0.2, 0.25) is 5.95 Å². The zero-order valence-corrected chi connectivity index (χ0v) is 9.54. The van der Waals surface area contributed by atoms with E-state index in [1.54, 1.807) is 6.07 Å². The lowest BCUT2D eigenvalue weighted by molar-refractivity contribution is 0.271. The fraction of sp³-hybridized carbons (Fsp3) is 0.417. The zero-order valence-electron chi connectivity index (χ0n) is 9.54. The summed E-state index contributed by atoms with van der Waals surface area (Å²) in [6.07, 6.45) is 3.72. The maximum Gasteiger partial charge on any atom is 0.216 e. The highest BCUT2D eigenvalue weighted by Gasteiger charge is 2.11. The molecule has 1 saturated heterocycles. The van der Waals surface area contributed by atoms with Gasteiger partial charge in [0.15, 0.2) is 0 Å². The van der Waals surface area contributed by atoms with E-state index in [1.807, 2.05) is 0 Å². The van der Waals surface area contributed by atoms with E-state index in [-0.39, 0.29) is 5.82 Å². The molecule has 1 aliphatic rings. The van der Waals surface area contributed by atoms with E-state index in [9.17, 15) is 4.39 Å². The summed E-state index contributed by atoms with van der Waals surface area (Å²) in [4.78, 5) is 7.45. The molecule has 0 saturated carbocycles. The molecule has 2 aromatic rings. The summed E-state index contributed by atoms with van der Waals surface area (Å²) in [6.45, 7) is 2.07. The molecule has 1 aromatic carbocycles. The summed E-state index contributed by atoms with van der Waals surface area (Å²) < 4.78 is 13.0. The standard InChI is InChI=1S/C12H15FN4/c13-9-4-5-10-11(8-9)15-12(14-10)16-17-6-2-1-3-7-17/h4-5,8H,1-3,6-7H2,(H2,14,15,16). The summed E-state index contributed by atoms with van der Waals surface area (Å²) >= 11 is 0. The molecule has 0 bridgehead atoms. The smallest absolute Gasteiger partial charge is 0.216 e. The SMILES string of the molecule is Fc1ccc2nc(NN3CCCCC3)[nH]c2c1. The average molecular weight is 234 g/mol. The first-order valence-corrected chi connectivity index (χ1v) is 5.98. The molecule has 0 unspecified atom stereocenters. The number of fused-ring (bicyclic) bond motifs is 1. The van der Waals surface area contributed by atoms with Crippen LogP contribution < -0.4 is 5.43 Å². The second-order valence-electron chi connectivity index (χ2n) is 4.41. The van der Waals surface area contributed by atoms with E-state index in [0.29, 0.717) is 5.95 Å². The van der Waals surface area contributed by atoms with E-state index in [2.05, 4.69) is 20.4 Å². The average Bonchev–Trinajstić information content (AvgIpc) is 2.71. The molecule has 0 amide bonds. The van der Waals surface area contributed by atoms with Gasteiger partial charge in [-0.15, -0.1) is 0 Å². The predicted molar refractivity (Wildman–Crippen MR) is 65.1 cm³/mol. The molecule has 1 aliphatic heterocycles. The molecule has 1 fully saturated rings. The van der Waals surface area contributed by atoms with Crippen molar-refractivity contribution in [2.45, 2.75) is 19.3 Å². The van der Waals surface area contributed by atoms with Gasteiger partial charge in [0.05, 0.1) is 11.0 Å². The lowest BCUT2D eigenvalue weighted by Gasteiger charge is -2.26. The Morgan fingerprint density at radius 3 is 2.88 bits per heavy atom. The van der Waals surface area contributed by atoms with Gasteiger partial charge in [-0.2, -0.15) is 0 Å². The molecular formula is C12H15FN4. The monoisotopic (exact) mass is 234 g/mol. The Labute approximate surface area is 98.8 Å². The van der Waals surface area contributed by atoms with Crippen molar-refractivity contribution in [2.75, 3.05) is 18.5 Å². The van der Waals surface area contributed by atoms with Gasteiger partial charge in [0.1, 0.15) is 5.82 Å². The van der Waals surface area contributed by atoms with Gasteiger partial charge in [-0.1, -0.05) is 6.42 Å². The van der Waals surface area contributed by atoms with Gasteiger partial charge in [0, 0.05) is 13.1 Å². The van der Waals surface area contributed by atoms with E-state index < -0.39 is 0 Å². The lowest BCUT2D eigenvalue weighted by Crippen LogP contribution is -2.35. The van der Waals surface area contributed by atoms with Crippen molar-refractivity contribution in [1.29, 1.82) is 0 Å². The molecule has 0 atom stereocenters. The third-order valence-electron chi connectivity index (χ3n) is 3.06. The first kappa shape index (κ1) is 10.5. The number of benzene rings is 1.